The Balaban J connectivity index is 2.58. The van der Waals surface area contributed by atoms with Gasteiger partial charge in [-0.15, -0.1) is 0 Å². The second-order valence-corrected chi connectivity index (χ2v) is 4.74. The van der Waals surface area contributed by atoms with Gasteiger partial charge in [-0.1, -0.05) is 12.1 Å². The van der Waals surface area contributed by atoms with Gasteiger partial charge in [0.25, 0.3) is 0 Å². The third-order valence-corrected chi connectivity index (χ3v) is 3.18. The van der Waals surface area contributed by atoms with Crippen molar-refractivity contribution in [2.24, 2.45) is 5.92 Å². The van der Waals surface area contributed by atoms with Gasteiger partial charge in [0.2, 0.25) is 0 Å². The Kier molecular flexibility index (Phi) is 5.54. The highest BCUT2D eigenvalue weighted by Gasteiger charge is 2.19. The number of carbonyl (C=O) groups excluding carboxylic acids is 1. The summed E-state index contributed by atoms with van der Waals surface area (Å²) in [5.74, 6) is -0.841. The van der Waals surface area contributed by atoms with Crippen molar-refractivity contribution < 1.29 is 19.2 Å². The zero-order valence-corrected chi connectivity index (χ0v) is 12.3. The molecule has 1 aromatic heterocycles. The lowest BCUT2D eigenvalue weighted by molar-refractivity contribution is -0.141. The van der Waals surface area contributed by atoms with E-state index in [1.165, 1.54) is 4.90 Å². The van der Waals surface area contributed by atoms with Crippen LogP contribution in [0.15, 0.2) is 4.52 Å². The first kappa shape index (κ1) is 16.0. The molecular weight excluding hydrogens is 262 g/mol. The van der Waals surface area contributed by atoms with Crippen molar-refractivity contribution in [1.29, 1.82) is 0 Å². The fourth-order valence-electron chi connectivity index (χ4n) is 1.79. The molecule has 1 atom stereocenters. The number of aliphatic carboxylic acids is 1. The van der Waals surface area contributed by atoms with Gasteiger partial charge < -0.3 is 19.8 Å². The van der Waals surface area contributed by atoms with Crippen LogP contribution in [0, 0.1) is 19.8 Å². The molecule has 1 unspecified atom stereocenters. The average Bonchev–Trinajstić information content (AvgIpc) is 2.72. The van der Waals surface area contributed by atoms with Crippen LogP contribution in [0.25, 0.3) is 0 Å². The first-order valence-corrected chi connectivity index (χ1v) is 6.54. The van der Waals surface area contributed by atoms with Crippen LogP contribution in [0.5, 0.6) is 0 Å². The Morgan fingerprint density at radius 3 is 2.55 bits per heavy atom. The predicted octanol–water partition coefficient (Wildman–Crippen LogP) is 1.54. The van der Waals surface area contributed by atoms with E-state index in [1.807, 2.05) is 13.8 Å². The smallest absolute Gasteiger partial charge is 0.317 e. The zero-order valence-electron chi connectivity index (χ0n) is 12.3. The van der Waals surface area contributed by atoms with E-state index in [4.69, 9.17) is 9.63 Å². The SMILES string of the molecule is CCN(CC(C)C(=O)O)C(=O)NCc1c(C)noc1C. The first-order valence-electron chi connectivity index (χ1n) is 6.54. The Morgan fingerprint density at radius 1 is 1.45 bits per heavy atom. The monoisotopic (exact) mass is 283 g/mol. The van der Waals surface area contributed by atoms with Crippen molar-refractivity contribution in [3.8, 4) is 0 Å². The topological polar surface area (TPSA) is 95.7 Å². The zero-order chi connectivity index (χ0) is 15.3. The number of urea groups is 1. The molecule has 0 aromatic carbocycles. The quantitative estimate of drug-likeness (QED) is 0.825. The third-order valence-electron chi connectivity index (χ3n) is 3.18. The maximum absolute atomic E-state index is 12.0. The van der Waals surface area contributed by atoms with Crippen LogP contribution < -0.4 is 5.32 Å². The van der Waals surface area contributed by atoms with Gasteiger partial charge in [0, 0.05) is 25.2 Å². The van der Waals surface area contributed by atoms with E-state index in [9.17, 15) is 9.59 Å². The van der Waals surface area contributed by atoms with Crippen molar-refractivity contribution in [2.75, 3.05) is 13.1 Å². The van der Waals surface area contributed by atoms with Crippen molar-refractivity contribution in [3.63, 3.8) is 0 Å². The van der Waals surface area contributed by atoms with Gasteiger partial charge in [-0.05, 0) is 20.8 Å². The molecule has 0 radical (unpaired) electrons. The molecule has 0 bridgehead atoms. The summed E-state index contributed by atoms with van der Waals surface area (Å²) in [5.41, 5.74) is 1.59. The number of hydrogen-bond donors (Lipinski definition) is 2. The fraction of sp³-hybridized carbons (Fsp3) is 0.615. The number of aryl methyl sites for hydroxylation is 2. The summed E-state index contributed by atoms with van der Waals surface area (Å²) >= 11 is 0. The largest absolute Gasteiger partial charge is 0.481 e. The highest BCUT2D eigenvalue weighted by atomic mass is 16.5. The highest BCUT2D eigenvalue weighted by molar-refractivity contribution is 5.76. The molecule has 0 aliphatic carbocycles. The van der Waals surface area contributed by atoms with Crippen LogP contribution >= 0.6 is 0 Å². The molecule has 1 heterocycles. The van der Waals surface area contributed by atoms with Crippen molar-refractivity contribution in [2.45, 2.75) is 34.2 Å². The number of carboxylic acid groups (broad SMARTS) is 1. The van der Waals surface area contributed by atoms with E-state index in [2.05, 4.69) is 10.5 Å². The summed E-state index contributed by atoms with van der Waals surface area (Å²) < 4.78 is 5.02. The lowest BCUT2D eigenvalue weighted by Gasteiger charge is -2.23. The van der Waals surface area contributed by atoms with Crippen LogP contribution in [0.3, 0.4) is 0 Å². The minimum atomic E-state index is -0.915. The number of carboxylic acids is 1. The standard InChI is InChI=1S/C13H21N3O4/c1-5-16(7-8(2)12(17)18)13(19)14-6-11-9(3)15-20-10(11)4/h8H,5-7H2,1-4H3,(H,14,19)(H,17,18). The van der Waals surface area contributed by atoms with Crippen LogP contribution in [0.4, 0.5) is 4.79 Å². The molecule has 7 heteroatoms. The van der Waals surface area contributed by atoms with E-state index < -0.39 is 11.9 Å². The number of aromatic nitrogens is 1. The second kappa shape index (κ2) is 6.93. The normalized spacial score (nSPS) is 12.0. The van der Waals surface area contributed by atoms with E-state index in [0.29, 0.717) is 18.8 Å². The third kappa shape index (κ3) is 3.97. The molecule has 0 aliphatic rings. The molecule has 2 N–H and O–H groups in total. The number of amides is 2. The summed E-state index contributed by atoms with van der Waals surface area (Å²) in [5, 5.41) is 15.5. The minimum absolute atomic E-state index is 0.180. The average molecular weight is 283 g/mol. The van der Waals surface area contributed by atoms with E-state index >= 15 is 0 Å². The highest BCUT2D eigenvalue weighted by Crippen LogP contribution is 2.11. The Bertz CT molecular complexity index is 464. The molecule has 0 saturated heterocycles. The Labute approximate surface area is 117 Å². The van der Waals surface area contributed by atoms with Gasteiger partial charge in [-0.3, -0.25) is 4.79 Å². The van der Waals surface area contributed by atoms with Crippen LogP contribution in [0.2, 0.25) is 0 Å². The van der Waals surface area contributed by atoms with E-state index in [0.717, 1.165) is 11.3 Å². The van der Waals surface area contributed by atoms with Gasteiger partial charge in [0.1, 0.15) is 5.76 Å². The predicted molar refractivity (Wildman–Crippen MR) is 72.3 cm³/mol. The molecule has 0 saturated carbocycles. The molecule has 0 aliphatic heterocycles. The van der Waals surface area contributed by atoms with Crippen molar-refractivity contribution in [1.82, 2.24) is 15.4 Å². The number of carbonyl (C=O) groups is 2. The Morgan fingerprint density at radius 2 is 2.10 bits per heavy atom. The summed E-state index contributed by atoms with van der Waals surface area (Å²) in [7, 11) is 0. The van der Waals surface area contributed by atoms with Crippen molar-refractivity contribution in [3.05, 3.63) is 17.0 Å². The number of hydrogen-bond acceptors (Lipinski definition) is 4. The first-order chi connectivity index (χ1) is 9.36. The van der Waals surface area contributed by atoms with Gasteiger partial charge in [0.15, 0.2) is 0 Å². The van der Waals surface area contributed by atoms with Crippen molar-refractivity contribution >= 4 is 12.0 Å². The van der Waals surface area contributed by atoms with Gasteiger partial charge in [0.05, 0.1) is 11.6 Å². The molecule has 7 nitrogen and oxygen atoms in total. The van der Waals surface area contributed by atoms with Gasteiger partial charge >= 0.3 is 12.0 Å². The maximum Gasteiger partial charge on any atom is 0.317 e. The molecule has 112 valence electrons. The molecule has 1 rings (SSSR count). The molecule has 2 amide bonds. The summed E-state index contributed by atoms with van der Waals surface area (Å²) in [4.78, 5) is 24.3. The van der Waals surface area contributed by atoms with Crippen LogP contribution in [-0.2, 0) is 11.3 Å². The number of rotatable bonds is 6. The van der Waals surface area contributed by atoms with Crippen LogP contribution in [0.1, 0.15) is 30.9 Å². The lowest BCUT2D eigenvalue weighted by atomic mass is 10.2. The van der Waals surface area contributed by atoms with Gasteiger partial charge in [-0.25, -0.2) is 4.79 Å². The summed E-state index contributed by atoms with van der Waals surface area (Å²) in [6, 6.07) is -0.291. The van der Waals surface area contributed by atoms with E-state index in [-0.39, 0.29) is 12.6 Å². The fourth-order valence-corrected chi connectivity index (χ4v) is 1.79. The molecule has 0 fully saturated rings. The summed E-state index contributed by atoms with van der Waals surface area (Å²) in [6.45, 7) is 7.92. The van der Waals surface area contributed by atoms with E-state index in [1.54, 1.807) is 13.8 Å². The number of nitrogens with zero attached hydrogens (tertiary/aromatic N) is 2. The maximum atomic E-state index is 12.0. The lowest BCUT2D eigenvalue weighted by Crippen LogP contribution is -2.43. The van der Waals surface area contributed by atoms with Gasteiger partial charge in [-0.2, -0.15) is 0 Å². The molecular formula is C13H21N3O4. The minimum Gasteiger partial charge on any atom is -0.481 e. The Hall–Kier alpha value is -2.05. The molecule has 1 aromatic rings. The summed E-state index contributed by atoms with van der Waals surface area (Å²) in [6.07, 6.45) is 0. The van der Waals surface area contributed by atoms with Crippen LogP contribution in [-0.4, -0.2) is 40.3 Å². The number of nitrogens with one attached hydrogen (secondary N) is 1. The second-order valence-electron chi connectivity index (χ2n) is 4.74. The molecule has 20 heavy (non-hydrogen) atoms. The molecule has 0 spiro atoms.